The highest BCUT2D eigenvalue weighted by Crippen LogP contribution is 2.24. The molecule has 2 fully saturated rings. The third kappa shape index (κ3) is 19.5. The molecule has 2 aliphatic heterocycles. The van der Waals surface area contributed by atoms with Crippen LogP contribution in [-0.4, -0.2) is 205 Å². The molecule has 92 heavy (non-hydrogen) atoms. The average Bonchev–Trinajstić information content (AvgIpc) is 1.72. The van der Waals surface area contributed by atoms with Crippen LogP contribution in [0.3, 0.4) is 0 Å². The molecule has 2 saturated heterocycles. The highest BCUT2D eigenvalue weighted by molar-refractivity contribution is 6.02. The molecule has 2 aromatic heterocycles. The molecule has 34 nitrogen and oxygen atoms in total. The third-order valence-corrected chi connectivity index (χ3v) is 15.1. The lowest BCUT2D eigenvalue weighted by Gasteiger charge is -2.32. The summed E-state index contributed by atoms with van der Waals surface area (Å²) in [5.41, 5.74) is 18.5. The molecular weight excluding hydrogens is 1210 g/mol. The number of nitrogens with zero attached hydrogens (tertiary/aromatic N) is 1. The van der Waals surface area contributed by atoms with Gasteiger partial charge in [-0.2, -0.15) is 0 Å². The van der Waals surface area contributed by atoms with Crippen molar-refractivity contribution in [3.8, 4) is 0 Å². The molecule has 0 aliphatic carbocycles. The monoisotopic (exact) mass is 1280 g/mol. The Morgan fingerprint density at radius 3 is 1.38 bits per heavy atom. The largest absolute Gasteiger partial charge is 0.481 e. The maximum atomic E-state index is 14.7. The summed E-state index contributed by atoms with van der Waals surface area (Å²) in [6.07, 6.45) is -3.43. The first-order valence-electron chi connectivity index (χ1n) is 29.3. The molecule has 496 valence electrons. The summed E-state index contributed by atoms with van der Waals surface area (Å²) >= 11 is 0. The lowest BCUT2D eigenvalue weighted by atomic mass is 10.00. The van der Waals surface area contributed by atoms with Crippen LogP contribution in [-0.2, 0) is 84.8 Å². The molecule has 6 rings (SSSR count). The van der Waals surface area contributed by atoms with Gasteiger partial charge in [-0.15, -0.1) is 0 Å². The number of carbonyl (C=O) groups is 15. The fourth-order valence-electron chi connectivity index (χ4n) is 10.5. The van der Waals surface area contributed by atoms with E-state index in [2.05, 4.69) is 63.1 Å². The number of aromatic nitrogens is 2. The quantitative estimate of drug-likeness (QED) is 0.0496. The van der Waals surface area contributed by atoms with Crippen molar-refractivity contribution in [1.82, 2.24) is 68.0 Å². The molecule has 4 aromatic rings. The van der Waals surface area contributed by atoms with Gasteiger partial charge in [-0.1, -0.05) is 50.2 Å². The predicted octanol–water partition coefficient (Wildman–Crippen LogP) is -6.56. The van der Waals surface area contributed by atoms with Crippen LogP contribution in [0.5, 0.6) is 0 Å². The van der Waals surface area contributed by atoms with Crippen LogP contribution in [0.2, 0.25) is 0 Å². The minimum atomic E-state index is -2.11. The lowest BCUT2D eigenvalue weighted by molar-refractivity contribution is -0.145. The van der Waals surface area contributed by atoms with E-state index in [-0.39, 0.29) is 38.1 Å². The molecule has 21 N–H and O–H groups in total. The highest BCUT2D eigenvalue weighted by atomic mass is 16.4. The molecular formula is C58H76N16O18. The van der Waals surface area contributed by atoms with E-state index in [0.717, 1.165) is 11.8 Å². The van der Waals surface area contributed by atoms with E-state index in [9.17, 15) is 87.2 Å². The number of H-pyrrole nitrogens is 2. The second kappa shape index (κ2) is 32.3. The van der Waals surface area contributed by atoms with Crippen molar-refractivity contribution in [3.63, 3.8) is 0 Å². The molecule has 0 radical (unpaired) electrons. The standard InChI is InChI=1S/C58H76N16O18/c1-26(2)15-34-50(84)68-37(18-43(59)77)49(83)64-24-46(80)65-40(21-47(81)82)55(89)70-39(20-45(61)79)54(88)69-38(19-44(60)78)53(87)67-35(16-28-22-62-32-11-6-4-9-30(28)32)52(86)72-41(25-75)56(90)73-48(27(3)76)58(92)74-14-8-13-42(74)57(91)71-36(51(85)66-34)17-29-23-63-33-12-7-5-10-31(29)33/h4-7,9-12,22-23,26-27,34-42,48,62-63,75-76H,8,13-21,24-25H2,1-3H3,(H2,59,77)(H2,60,78)(H2,61,79)(H,64,83)(H,65,80)(H,66,85)(H,67,87)(H,68,84)(H,69,88)(H,70,89)(H,71,91)(H,72,86)(H,73,90)(H,81,82)/t27-,34-,35-,36-,37-,38-,39-,40-,41-,42+,48-/m0/s1. The number of aliphatic hydroxyl groups excluding tert-OH is 2. The number of carboxylic acids is 1. The van der Waals surface area contributed by atoms with Gasteiger partial charge in [0.2, 0.25) is 82.7 Å². The van der Waals surface area contributed by atoms with E-state index in [0.29, 0.717) is 32.9 Å². The van der Waals surface area contributed by atoms with Crippen molar-refractivity contribution in [3.05, 3.63) is 72.1 Å². The molecule has 11 atom stereocenters. The number of benzene rings is 2. The topological polar surface area (TPSA) is 550 Å². The molecule has 0 unspecified atom stereocenters. The number of nitrogens with two attached hydrogens (primary N) is 3. The van der Waals surface area contributed by atoms with Crippen LogP contribution < -0.4 is 70.4 Å². The number of aliphatic carboxylic acids is 1. The van der Waals surface area contributed by atoms with Gasteiger partial charge >= 0.3 is 5.97 Å². The lowest BCUT2D eigenvalue weighted by Crippen LogP contribution is -2.62. The molecule has 0 spiro atoms. The van der Waals surface area contributed by atoms with Gasteiger partial charge in [0.05, 0.1) is 44.9 Å². The number of carboxylic acid groups (broad SMARTS) is 1. The van der Waals surface area contributed by atoms with Gasteiger partial charge < -0.3 is 101 Å². The van der Waals surface area contributed by atoms with Gasteiger partial charge in [0, 0.05) is 53.6 Å². The van der Waals surface area contributed by atoms with E-state index in [1.165, 1.54) is 6.20 Å². The first-order valence-corrected chi connectivity index (χ1v) is 29.3. The Hall–Kier alpha value is -10.5. The Morgan fingerprint density at radius 2 is 0.924 bits per heavy atom. The zero-order chi connectivity index (χ0) is 67.7. The van der Waals surface area contributed by atoms with Gasteiger partial charge in [0.15, 0.2) is 0 Å². The normalized spacial score (nSPS) is 24.7. The van der Waals surface area contributed by atoms with Crippen LogP contribution >= 0.6 is 0 Å². The molecule has 0 saturated carbocycles. The number of hydrogen-bond acceptors (Lipinski definition) is 17. The fourth-order valence-corrected chi connectivity index (χ4v) is 10.5. The van der Waals surface area contributed by atoms with Crippen LogP contribution in [0.1, 0.15) is 76.8 Å². The number of carbonyl (C=O) groups excluding carboxylic acids is 14. The molecule has 2 aromatic carbocycles. The smallest absolute Gasteiger partial charge is 0.305 e. The summed E-state index contributed by atoms with van der Waals surface area (Å²) in [5, 5.41) is 55.7. The molecule has 0 bridgehead atoms. The molecule has 4 heterocycles. The predicted molar refractivity (Wildman–Crippen MR) is 321 cm³/mol. The zero-order valence-electron chi connectivity index (χ0n) is 50.3. The van der Waals surface area contributed by atoms with Crippen LogP contribution in [0.15, 0.2) is 60.9 Å². The number of para-hydroxylation sites is 2. The Balaban J connectivity index is 1.40. The Kier molecular flexibility index (Phi) is 24.8. The summed E-state index contributed by atoms with van der Waals surface area (Å²) in [4.78, 5) is 212. The number of hydrogen-bond donors (Lipinski definition) is 18. The van der Waals surface area contributed by atoms with Gasteiger partial charge in [-0.25, -0.2) is 0 Å². The highest BCUT2D eigenvalue weighted by Gasteiger charge is 2.43. The van der Waals surface area contributed by atoms with Gasteiger partial charge in [-0.05, 0) is 55.4 Å². The third-order valence-electron chi connectivity index (χ3n) is 15.1. The van der Waals surface area contributed by atoms with Gasteiger partial charge in [-0.3, -0.25) is 71.9 Å². The maximum Gasteiger partial charge on any atom is 0.305 e. The van der Waals surface area contributed by atoms with Crippen molar-refractivity contribution in [1.29, 1.82) is 0 Å². The summed E-state index contributed by atoms with van der Waals surface area (Å²) in [7, 11) is 0. The first kappa shape index (κ1) is 70.6. The summed E-state index contributed by atoms with van der Waals surface area (Å²) < 4.78 is 0. The maximum absolute atomic E-state index is 14.7. The second-order valence-electron chi connectivity index (χ2n) is 22.7. The van der Waals surface area contributed by atoms with Crippen molar-refractivity contribution < 1.29 is 87.2 Å². The summed E-state index contributed by atoms with van der Waals surface area (Å²) in [5.74, 6) is -18.8. The van der Waals surface area contributed by atoms with E-state index in [1.54, 1.807) is 68.6 Å². The van der Waals surface area contributed by atoms with Crippen molar-refractivity contribution >= 4 is 110 Å². The summed E-state index contributed by atoms with van der Waals surface area (Å²) in [6.45, 7) is 2.14. The van der Waals surface area contributed by atoms with E-state index in [1.807, 2.05) is 0 Å². The summed E-state index contributed by atoms with van der Waals surface area (Å²) in [6, 6.07) is -4.47. The number of aromatic amines is 2. The fraction of sp³-hybridized carbons (Fsp3) is 0.466. The van der Waals surface area contributed by atoms with Gasteiger partial charge in [0.25, 0.3) is 0 Å². The van der Waals surface area contributed by atoms with Crippen molar-refractivity contribution in [2.24, 2.45) is 23.1 Å². The van der Waals surface area contributed by atoms with E-state index >= 15 is 0 Å². The van der Waals surface area contributed by atoms with Gasteiger partial charge in [0.1, 0.15) is 60.4 Å². The number of aliphatic hydroxyl groups is 2. The Bertz CT molecular complexity index is 3480. The van der Waals surface area contributed by atoms with Crippen LogP contribution in [0, 0.1) is 5.92 Å². The van der Waals surface area contributed by atoms with E-state index in [4.69, 9.17) is 17.2 Å². The minimum Gasteiger partial charge on any atom is -0.481 e. The first-order chi connectivity index (χ1) is 43.5. The van der Waals surface area contributed by atoms with Crippen LogP contribution in [0.4, 0.5) is 0 Å². The number of fused-ring (bicyclic) bond motifs is 3. The second-order valence-corrected chi connectivity index (χ2v) is 22.7. The molecule has 2 aliphatic rings. The Morgan fingerprint density at radius 1 is 0.522 bits per heavy atom. The minimum absolute atomic E-state index is 0.00243. The zero-order valence-corrected chi connectivity index (χ0v) is 50.3. The number of primary amides is 3. The Labute approximate surface area is 524 Å². The number of rotatable bonds is 16. The van der Waals surface area contributed by atoms with E-state index < -0.39 is 200 Å². The SMILES string of the molecule is CC(C)C[C@@H]1NC(=O)[C@H](Cc2c[nH]c3ccccc23)NC(=O)[C@H]2CCCN2C(=O)[C@H]([C@H](C)O)NC(=O)[C@H](CO)NC(=O)[C@H](Cc2c[nH]c3ccccc23)NC(=O)[C@H](CC(N)=O)NC(=O)[C@H](CC(N)=O)NC(=O)[C@H](CC(=O)O)NC(=O)CNC(=O)[C@H](CC(N)=O)NC1=O. The molecule has 14 amide bonds. The number of nitrogens with one attached hydrogen (secondary N) is 12. The van der Waals surface area contributed by atoms with Crippen molar-refractivity contribution in [2.45, 2.75) is 145 Å². The van der Waals surface area contributed by atoms with Crippen LogP contribution in [0.25, 0.3) is 21.8 Å². The molecule has 34 heteroatoms. The number of amides is 14. The average molecular weight is 1290 g/mol. The van der Waals surface area contributed by atoms with Crippen molar-refractivity contribution in [2.75, 3.05) is 19.7 Å².